The molecule has 1 N–H and O–H groups in total. The molecule has 0 amide bonds. The van der Waals surface area contributed by atoms with Crippen molar-refractivity contribution in [2.24, 2.45) is 0 Å². The Balaban J connectivity index is 1.87. The molecular weight excluding hydrogens is 278 g/mol. The Morgan fingerprint density at radius 1 is 1.24 bits per heavy atom. The lowest BCUT2D eigenvalue weighted by Crippen LogP contribution is -2.47. The highest BCUT2D eigenvalue weighted by atomic mass is 16.6. The van der Waals surface area contributed by atoms with E-state index < -0.39 is 4.92 Å². The van der Waals surface area contributed by atoms with Gasteiger partial charge in [-0.25, -0.2) is 4.63 Å². The minimum absolute atomic E-state index is 0.103. The van der Waals surface area contributed by atoms with Crippen LogP contribution in [0.4, 0.5) is 11.4 Å². The third-order valence-corrected chi connectivity index (χ3v) is 3.70. The lowest BCUT2D eigenvalue weighted by Gasteiger charge is -2.35. The van der Waals surface area contributed by atoms with Crippen molar-refractivity contribution in [3.05, 3.63) is 22.2 Å². The van der Waals surface area contributed by atoms with Crippen LogP contribution in [-0.4, -0.2) is 64.6 Å². The molecule has 112 valence electrons. The minimum Gasteiger partial charge on any atom is -0.395 e. The first kappa shape index (κ1) is 13.7. The Kier molecular flexibility index (Phi) is 3.67. The number of nitrogens with zero attached hydrogens (tertiary/aromatic N) is 5. The fourth-order valence-corrected chi connectivity index (χ4v) is 2.60. The summed E-state index contributed by atoms with van der Waals surface area (Å²) in [6.07, 6.45) is 0. The minimum atomic E-state index is -0.491. The van der Waals surface area contributed by atoms with Gasteiger partial charge in [-0.15, -0.1) is 0 Å². The van der Waals surface area contributed by atoms with Crippen molar-refractivity contribution >= 4 is 22.4 Å². The van der Waals surface area contributed by atoms with Gasteiger partial charge in [0.1, 0.15) is 0 Å². The van der Waals surface area contributed by atoms with E-state index in [-0.39, 0.29) is 17.8 Å². The Hall–Kier alpha value is -2.26. The number of hydrogen-bond donors (Lipinski definition) is 1. The molecule has 0 unspecified atom stereocenters. The first-order chi connectivity index (χ1) is 10.2. The Bertz CT molecular complexity index is 650. The summed E-state index contributed by atoms with van der Waals surface area (Å²) in [4.78, 5) is 14.7. The summed E-state index contributed by atoms with van der Waals surface area (Å²) in [5.74, 6) is 0. The number of nitro groups is 1. The summed E-state index contributed by atoms with van der Waals surface area (Å²) < 4.78 is 4.67. The van der Waals surface area contributed by atoms with Gasteiger partial charge in [-0.05, 0) is 16.4 Å². The first-order valence-corrected chi connectivity index (χ1v) is 6.68. The van der Waals surface area contributed by atoms with Gasteiger partial charge in [-0.3, -0.25) is 15.0 Å². The number of rotatable bonds is 4. The number of benzene rings is 1. The average molecular weight is 293 g/mol. The second kappa shape index (κ2) is 5.62. The Morgan fingerprint density at radius 3 is 2.62 bits per heavy atom. The van der Waals surface area contributed by atoms with Gasteiger partial charge in [0.15, 0.2) is 5.52 Å². The lowest BCUT2D eigenvalue weighted by atomic mass is 10.2. The monoisotopic (exact) mass is 293 g/mol. The molecule has 0 bridgehead atoms. The highest BCUT2D eigenvalue weighted by Crippen LogP contribution is 2.31. The summed E-state index contributed by atoms with van der Waals surface area (Å²) >= 11 is 0. The molecule has 1 aromatic carbocycles. The van der Waals surface area contributed by atoms with Gasteiger partial charge in [0.05, 0.1) is 17.2 Å². The van der Waals surface area contributed by atoms with Gasteiger partial charge in [0.25, 0.3) is 0 Å². The van der Waals surface area contributed by atoms with Crippen LogP contribution in [-0.2, 0) is 0 Å². The van der Waals surface area contributed by atoms with Gasteiger partial charge in [0, 0.05) is 38.8 Å². The SMILES string of the molecule is O=[N+]([O-])c1ccc(N2CCN(CCO)CC2)c2nonc12. The summed E-state index contributed by atoms with van der Waals surface area (Å²) in [5, 5.41) is 27.4. The van der Waals surface area contributed by atoms with E-state index in [2.05, 4.69) is 24.7 Å². The number of non-ortho nitro benzene ring substituents is 1. The van der Waals surface area contributed by atoms with Crippen molar-refractivity contribution < 1.29 is 14.7 Å². The van der Waals surface area contributed by atoms with Crippen molar-refractivity contribution in [1.82, 2.24) is 15.2 Å². The first-order valence-electron chi connectivity index (χ1n) is 6.68. The average Bonchev–Trinajstić information content (AvgIpc) is 2.96. The number of hydrogen-bond acceptors (Lipinski definition) is 8. The van der Waals surface area contributed by atoms with Crippen molar-refractivity contribution in [2.45, 2.75) is 0 Å². The van der Waals surface area contributed by atoms with Gasteiger partial charge >= 0.3 is 5.69 Å². The molecule has 1 aliphatic rings. The molecule has 1 aliphatic heterocycles. The topological polar surface area (TPSA) is 109 Å². The highest BCUT2D eigenvalue weighted by molar-refractivity contribution is 5.93. The van der Waals surface area contributed by atoms with Crippen molar-refractivity contribution in [3.63, 3.8) is 0 Å². The Labute approximate surface area is 119 Å². The van der Waals surface area contributed by atoms with Crippen LogP contribution in [0.3, 0.4) is 0 Å². The fraction of sp³-hybridized carbons (Fsp3) is 0.500. The summed E-state index contributed by atoms with van der Waals surface area (Å²) in [7, 11) is 0. The quantitative estimate of drug-likeness (QED) is 0.631. The molecule has 0 atom stereocenters. The molecule has 3 rings (SSSR count). The molecule has 1 fully saturated rings. The summed E-state index contributed by atoms with van der Waals surface area (Å²) in [6.45, 7) is 3.98. The molecule has 9 heteroatoms. The molecule has 1 aromatic heterocycles. The van der Waals surface area contributed by atoms with E-state index in [0.717, 1.165) is 31.9 Å². The van der Waals surface area contributed by atoms with Crippen LogP contribution in [0.1, 0.15) is 0 Å². The molecule has 0 saturated carbocycles. The predicted molar refractivity (Wildman–Crippen MR) is 74.2 cm³/mol. The maximum Gasteiger partial charge on any atom is 0.300 e. The molecule has 2 aromatic rings. The van der Waals surface area contributed by atoms with Crippen LogP contribution in [0.15, 0.2) is 16.8 Å². The third-order valence-electron chi connectivity index (χ3n) is 3.70. The zero-order valence-electron chi connectivity index (χ0n) is 11.3. The number of anilines is 1. The van der Waals surface area contributed by atoms with Crippen molar-refractivity contribution in [1.29, 1.82) is 0 Å². The number of aliphatic hydroxyl groups is 1. The van der Waals surface area contributed by atoms with Crippen LogP contribution in [0.25, 0.3) is 11.0 Å². The van der Waals surface area contributed by atoms with Gasteiger partial charge in [-0.2, -0.15) is 0 Å². The number of aliphatic hydroxyl groups excluding tert-OH is 1. The fourth-order valence-electron chi connectivity index (χ4n) is 2.60. The van der Waals surface area contributed by atoms with Crippen molar-refractivity contribution in [3.8, 4) is 0 Å². The molecule has 2 heterocycles. The molecule has 0 radical (unpaired) electrons. The van der Waals surface area contributed by atoms with Gasteiger partial charge < -0.3 is 10.0 Å². The van der Waals surface area contributed by atoms with Gasteiger partial charge in [-0.1, -0.05) is 0 Å². The van der Waals surface area contributed by atoms with E-state index in [1.807, 2.05) is 0 Å². The molecule has 0 aliphatic carbocycles. The predicted octanol–water partition coefficient (Wildman–Crippen LogP) is 0.245. The third kappa shape index (κ3) is 2.52. The van der Waals surface area contributed by atoms with E-state index in [4.69, 9.17) is 5.11 Å². The molecule has 9 nitrogen and oxygen atoms in total. The maximum absolute atomic E-state index is 11.0. The zero-order chi connectivity index (χ0) is 14.8. The van der Waals surface area contributed by atoms with Crippen molar-refractivity contribution in [2.75, 3.05) is 44.2 Å². The standard InChI is InChI=1S/C12H15N5O4/c18-8-7-15-3-5-16(6-4-15)9-1-2-10(17(19)20)12-11(9)13-21-14-12/h1-2,18H,3-8H2. The largest absolute Gasteiger partial charge is 0.395 e. The number of piperazine rings is 1. The highest BCUT2D eigenvalue weighted by Gasteiger charge is 2.24. The molecule has 21 heavy (non-hydrogen) atoms. The van der Waals surface area contributed by atoms with E-state index in [1.165, 1.54) is 6.07 Å². The number of β-amino-alcohol motifs (C(OH)–C–C–N with tert-alkyl or cyclic N) is 1. The van der Waals surface area contributed by atoms with Crippen LogP contribution >= 0.6 is 0 Å². The van der Waals surface area contributed by atoms with Gasteiger partial charge in [0.2, 0.25) is 5.52 Å². The number of nitro benzene ring substituents is 1. The second-order valence-electron chi connectivity index (χ2n) is 4.87. The molecule has 1 saturated heterocycles. The number of aromatic nitrogens is 2. The van der Waals surface area contributed by atoms with E-state index in [1.54, 1.807) is 6.07 Å². The number of fused-ring (bicyclic) bond motifs is 1. The summed E-state index contributed by atoms with van der Waals surface area (Å²) in [6, 6.07) is 3.12. The maximum atomic E-state index is 11.0. The van der Waals surface area contributed by atoms with Crippen LogP contribution in [0.2, 0.25) is 0 Å². The summed E-state index contributed by atoms with van der Waals surface area (Å²) in [5.41, 5.74) is 1.28. The molecular formula is C12H15N5O4. The second-order valence-corrected chi connectivity index (χ2v) is 4.87. The lowest BCUT2D eigenvalue weighted by molar-refractivity contribution is -0.383. The smallest absolute Gasteiger partial charge is 0.300 e. The van der Waals surface area contributed by atoms with E-state index in [9.17, 15) is 10.1 Å². The van der Waals surface area contributed by atoms with E-state index in [0.29, 0.717) is 12.1 Å². The zero-order valence-corrected chi connectivity index (χ0v) is 11.3. The van der Waals surface area contributed by atoms with E-state index >= 15 is 0 Å². The Morgan fingerprint density at radius 2 is 1.95 bits per heavy atom. The van der Waals surface area contributed by atoms with Crippen LogP contribution in [0.5, 0.6) is 0 Å². The van der Waals surface area contributed by atoms with Crippen LogP contribution < -0.4 is 4.90 Å². The normalized spacial score (nSPS) is 16.5. The van der Waals surface area contributed by atoms with Crippen LogP contribution in [0, 0.1) is 10.1 Å². The molecule has 0 spiro atoms.